The van der Waals surface area contributed by atoms with E-state index < -0.39 is 0 Å². The third kappa shape index (κ3) is 5.55. The van der Waals surface area contributed by atoms with Crippen LogP contribution < -0.4 is 14.8 Å². The Kier molecular flexibility index (Phi) is 6.89. The van der Waals surface area contributed by atoms with Crippen molar-refractivity contribution in [2.45, 2.75) is 13.2 Å². The highest BCUT2D eigenvalue weighted by atomic mass is 79.9. The maximum Gasteiger partial charge on any atom is 0.162 e. The molecular weight excluding hydrogens is 449 g/mol. The van der Waals surface area contributed by atoms with Crippen LogP contribution in [0.15, 0.2) is 65.1 Å². The quantitative estimate of drug-likeness (QED) is 0.408. The summed E-state index contributed by atoms with van der Waals surface area (Å²) in [6.07, 6.45) is 0. The van der Waals surface area contributed by atoms with Crippen LogP contribution in [0.25, 0.3) is 0 Å². The lowest BCUT2D eigenvalue weighted by Gasteiger charge is -2.15. The first-order valence-corrected chi connectivity index (χ1v) is 9.83. The molecule has 0 radical (unpaired) electrons. The van der Waals surface area contributed by atoms with E-state index in [9.17, 15) is 0 Å². The number of nitrogens with one attached hydrogen (secondary N) is 1. The molecular formula is C21H18BrCl2NO2. The minimum absolute atomic E-state index is 0.408. The van der Waals surface area contributed by atoms with Gasteiger partial charge in [0.2, 0.25) is 0 Å². The lowest BCUT2D eigenvalue weighted by molar-refractivity contribution is 0.284. The minimum atomic E-state index is 0.408. The molecule has 0 atom stereocenters. The summed E-state index contributed by atoms with van der Waals surface area (Å²) in [4.78, 5) is 0. The van der Waals surface area contributed by atoms with Crippen LogP contribution in [0.1, 0.15) is 11.1 Å². The van der Waals surface area contributed by atoms with Gasteiger partial charge in [0.15, 0.2) is 11.5 Å². The van der Waals surface area contributed by atoms with Gasteiger partial charge in [-0.3, -0.25) is 0 Å². The molecule has 27 heavy (non-hydrogen) atoms. The molecule has 1 N–H and O–H groups in total. The largest absolute Gasteiger partial charge is 0.493 e. The van der Waals surface area contributed by atoms with E-state index in [2.05, 4.69) is 21.2 Å². The first-order valence-electron chi connectivity index (χ1n) is 8.28. The first kappa shape index (κ1) is 19.9. The predicted octanol–water partition coefficient (Wildman–Crippen LogP) is 6.96. The molecule has 3 rings (SSSR count). The predicted molar refractivity (Wildman–Crippen MR) is 115 cm³/mol. The number of halogens is 3. The molecule has 0 spiro atoms. The second-order valence-corrected chi connectivity index (χ2v) is 7.60. The van der Waals surface area contributed by atoms with Crippen molar-refractivity contribution in [2.24, 2.45) is 0 Å². The van der Waals surface area contributed by atoms with Crippen LogP contribution in [0.2, 0.25) is 10.0 Å². The lowest BCUT2D eigenvalue weighted by atomic mass is 10.2. The standard InChI is InChI=1S/C21H18BrCl2NO2/c1-26-20-10-15(12-25-18-7-5-16(23)6-8-18)19(22)11-21(20)27-13-14-3-2-4-17(24)9-14/h2-11,25H,12-13H2,1H3. The Balaban J connectivity index is 1.71. The molecule has 0 saturated heterocycles. The van der Waals surface area contributed by atoms with Gasteiger partial charge in [-0.1, -0.05) is 51.3 Å². The van der Waals surface area contributed by atoms with Crippen LogP contribution >= 0.6 is 39.1 Å². The van der Waals surface area contributed by atoms with Crippen molar-refractivity contribution in [3.63, 3.8) is 0 Å². The molecule has 6 heteroatoms. The zero-order valence-electron chi connectivity index (χ0n) is 14.6. The molecule has 0 aliphatic heterocycles. The van der Waals surface area contributed by atoms with Gasteiger partial charge in [-0.15, -0.1) is 0 Å². The molecule has 0 saturated carbocycles. The van der Waals surface area contributed by atoms with Crippen molar-refractivity contribution >= 4 is 44.8 Å². The van der Waals surface area contributed by atoms with E-state index in [1.165, 1.54) is 0 Å². The van der Waals surface area contributed by atoms with Crippen LogP contribution in [0, 0.1) is 0 Å². The summed E-state index contributed by atoms with van der Waals surface area (Å²) in [6.45, 7) is 1.04. The summed E-state index contributed by atoms with van der Waals surface area (Å²) in [5.41, 5.74) is 3.04. The third-order valence-electron chi connectivity index (χ3n) is 3.94. The normalized spacial score (nSPS) is 10.5. The molecule has 140 valence electrons. The number of rotatable bonds is 7. The van der Waals surface area contributed by atoms with Crippen LogP contribution in [-0.4, -0.2) is 7.11 Å². The molecule has 0 unspecified atom stereocenters. The van der Waals surface area contributed by atoms with E-state index in [1.54, 1.807) is 7.11 Å². The summed E-state index contributed by atoms with van der Waals surface area (Å²) in [7, 11) is 1.63. The van der Waals surface area contributed by atoms with Gasteiger partial charge in [0.25, 0.3) is 0 Å². The van der Waals surface area contributed by atoms with Gasteiger partial charge in [0.1, 0.15) is 6.61 Å². The summed E-state index contributed by atoms with van der Waals surface area (Å²) in [5.74, 6) is 1.34. The van der Waals surface area contributed by atoms with Crippen molar-refractivity contribution < 1.29 is 9.47 Å². The summed E-state index contributed by atoms with van der Waals surface area (Å²) >= 11 is 15.6. The molecule has 0 fully saturated rings. The second kappa shape index (κ2) is 9.36. The van der Waals surface area contributed by atoms with Crippen molar-refractivity contribution in [2.75, 3.05) is 12.4 Å². The highest BCUT2D eigenvalue weighted by Gasteiger charge is 2.11. The number of methoxy groups -OCH3 is 1. The second-order valence-electron chi connectivity index (χ2n) is 5.87. The molecule has 0 aliphatic rings. The van der Waals surface area contributed by atoms with E-state index in [1.807, 2.05) is 60.7 Å². The van der Waals surface area contributed by atoms with E-state index in [-0.39, 0.29) is 0 Å². The van der Waals surface area contributed by atoms with Crippen LogP contribution in [0.3, 0.4) is 0 Å². The average Bonchev–Trinajstić information content (AvgIpc) is 2.67. The minimum Gasteiger partial charge on any atom is -0.493 e. The summed E-state index contributed by atoms with van der Waals surface area (Å²) in [5, 5.41) is 4.76. The Hall–Kier alpha value is -1.88. The van der Waals surface area contributed by atoms with E-state index in [0.29, 0.717) is 34.7 Å². The van der Waals surface area contributed by atoms with E-state index in [0.717, 1.165) is 21.3 Å². The Morgan fingerprint density at radius 3 is 2.41 bits per heavy atom. The smallest absolute Gasteiger partial charge is 0.162 e. The molecule has 3 nitrogen and oxygen atoms in total. The lowest BCUT2D eigenvalue weighted by Crippen LogP contribution is -2.03. The fraction of sp³-hybridized carbons (Fsp3) is 0.143. The van der Waals surface area contributed by atoms with Crippen LogP contribution in [0.4, 0.5) is 5.69 Å². The monoisotopic (exact) mass is 465 g/mol. The van der Waals surface area contributed by atoms with Crippen molar-refractivity contribution in [1.29, 1.82) is 0 Å². The molecule has 0 bridgehead atoms. The zero-order valence-corrected chi connectivity index (χ0v) is 17.7. The molecule has 0 amide bonds. The number of benzene rings is 3. The Morgan fingerprint density at radius 1 is 0.926 bits per heavy atom. The molecule has 3 aromatic rings. The van der Waals surface area contributed by atoms with Gasteiger partial charge in [0.05, 0.1) is 7.11 Å². The fourth-order valence-electron chi connectivity index (χ4n) is 2.54. The zero-order chi connectivity index (χ0) is 19.2. The fourth-order valence-corrected chi connectivity index (χ4v) is 3.34. The van der Waals surface area contributed by atoms with Gasteiger partial charge >= 0.3 is 0 Å². The number of hydrogen-bond donors (Lipinski definition) is 1. The Labute approximate surface area is 177 Å². The molecule has 0 aliphatic carbocycles. The van der Waals surface area contributed by atoms with Gasteiger partial charge in [0, 0.05) is 26.8 Å². The summed E-state index contributed by atoms with van der Waals surface area (Å²) < 4.78 is 12.4. The molecule has 0 heterocycles. The third-order valence-corrected chi connectivity index (χ3v) is 5.17. The highest BCUT2D eigenvalue weighted by molar-refractivity contribution is 9.10. The number of hydrogen-bond acceptors (Lipinski definition) is 3. The topological polar surface area (TPSA) is 30.5 Å². The first-order chi connectivity index (χ1) is 13.0. The van der Waals surface area contributed by atoms with Crippen molar-refractivity contribution in [3.8, 4) is 11.5 Å². The van der Waals surface area contributed by atoms with Crippen molar-refractivity contribution in [1.82, 2.24) is 0 Å². The number of ether oxygens (including phenoxy) is 2. The van der Waals surface area contributed by atoms with E-state index >= 15 is 0 Å². The molecule has 3 aromatic carbocycles. The van der Waals surface area contributed by atoms with Crippen LogP contribution in [0.5, 0.6) is 11.5 Å². The Bertz CT molecular complexity index is 917. The molecule has 0 aromatic heterocycles. The maximum atomic E-state index is 6.02. The highest BCUT2D eigenvalue weighted by Crippen LogP contribution is 2.34. The van der Waals surface area contributed by atoms with Gasteiger partial charge in [-0.2, -0.15) is 0 Å². The number of anilines is 1. The average molecular weight is 467 g/mol. The van der Waals surface area contributed by atoms with Gasteiger partial charge < -0.3 is 14.8 Å². The van der Waals surface area contributed by atoms with Gasteiger partial charge in [-0.25, -0.2) is 0 Å². The maximum absolute atomic E-state index is 6.02. The van der Waals surface area contributed by atoms with Crippen molar-refractivity contribution in [3.05, 3.63) is 86.3 Å². The van der Waals surface area contributed by atoms with Gasteiger partial charge in [-0.05, 0) is 59.7 Å². The van der Waals surface area contributed by atoms with E-state index in [4.69, 9.17) is 32.7 Å². The Morgan fingerprint density at radius 2 is 1.70 bits per heavy atom. The SMILES string of the molecule is COc1cc(CNc2ccc(Cl)cc2)c(Br)cc1OCc1cccc(Cl)c1. The van der Waals surface area contributed by atoms with Crippen LogP contribution in [-0.2, 0) is 13.2 Å². The summed E-state index contributed by atoms with van der Waals surface area (Å²) in [6, 6.07) is 19.1.